The van der Waals surface area contributed by atoms with Crippen LogP contribution in [-0.4, -0.2) is 36.1 Å². The molecule has 1 aliphatic heterocycles. The van der Waals surface area contributed by atoms with Crippen LogP contribution in [0.2, 0.25) is 0 Å². The second-order valence-corrected chi connectivity index (χ2v) is 11.8. The largest absolute Gasteiger partial charge is 0.274 e. The van der Waals surface area contributed by atoms with E-state index in [4.69, 9.17) is 0 Å². The van der Waals surface area contributed by atoms with Gasteiger partial charge >= 0.3 is 0 Å². The Kier molecular flexibility index (Phi) is 6.12. The number of nitrogens with zero attached hydrogens (tertiary/aromatic N) is 2. The van der Waals surface area contributed by atoms with Crippen LogP contribution in [0.25, 0.3) is 10.8 Å². The van der Waals surface area contributed by atoms with Crippen LogP contribution >= 0.6 is 0 Å². The van der Waals surface area contributed by atoms with Gasteiger partial charge in [-0.2, -0.15) is 4.31 Å². The van der Waals surface area contributed by atoms with Gasteiger partial charge in [0.2, 0.25) is 15.9 Å². The lowest BCUT2D eigenvalue weighted by Crippen LogP contribution is -2.54. The fraction of sp³-hybridized carbons (Fsp3) is 0.333. The molecule has 3 aromatic rings. The number of benzene rings is 3. The van der Waals surface area contributed by atoms with Crippen molar-refractivity contribution in [3.8, 4) is 0 Å². The maximum atomic E-state index is 13.9. The van der Waals surface area contributed by atoms with Crippen molar-refractivity contribution in [3.05, 3.63) is 72.3 Å². The first-order valence-corrected chi connectivity index (χ1v) is 12.9. The zero-order chi connectivity index (χ0) is 24.8. The summed E-state index contributed by atoms with van der Waals surface area (Å²) in [5.74, 6) is -0.618. The van der Waals surface area contributed by atoms with Gasteiger partial charge in [0, 0.05) is 5.54 Å². The fourth-order valence-corrected chi connectivity index (χ4v) is 6.48. The van der Waals surface area contributed by atoms with Crippen molar-refractivity contribution in [3.63, 3.8) is 0 Å². The molecule has 1 aliphatic rings. The highest BCUT2D eigenvalue weighted by Crippen LogP contribution is 2.35. The highest BCUT2D eigenvalue weighted by molar-refractivity contribution is 7.89. The van der Waals surface area contributed by atoms with Gasteiger partial charge in [0.15, 0.2) is 0 Å². The van der Waals surface area contributed by atoms with Crippen molar-refractivity contribution in [2.24, 2.45) is 0 Å². The van der Waals surface area contributed by atoms with E-state index < -0.39 is 33.4 Å². The highest BCUT2D eigenvalue weighted by Gasteiger charge is 2.50. The van der Waals surface area contributed by atoms with E-state index in [9.17, 15) is 18.0 Å². The van der Waals surface area contributed by atoms with E-state index in [1.807, 2.05) is 36.4 Å². The van der Waals surface area contributed by atoms with Crippen LogP contribution < -0.4 is 4.90 Å². The summed E-state index contributed by atoms with van der Waals surface area (Å²) < 4.78 is 28.9. The van der Waals surface area contributed by atoms with Crippen molar-refractivity contribution in [2.75, 3.05) is 4.90 Å². The SMILES string of the molecule is CC(C)c1ccc(N2C(=O)CC(N(C(C)(C)C)S(=O)(=O)c3ccc4ccccc4c3)C2=O)cc1. The molecule has 1 unspecified atom stereocenters. The van der Waals surface area contributed by atoms with Gasteiger partial charge in [-0.25, -0.2) is 13.3 Å². The Hall–Kier alpha value is -3.03. The van der Waals surface area contributed by atoms with Gasteiger partial charge in [-0.05, 0) is 67.3 Å². The van der Waals surface area contributed by atoms with E-state index in [1.54, 1.807) is 51.1 Å². The Morgan fingerprint density at radius 1 is 0.912 bits per heavy atom. The summed E-state index contributed by atoms with van der Waals surface area (Å²) >= 11 is 0. The Morgan fingerprint density at radius 2 is 1.53 bits per heavy atom. The van der Waals surface area contributed by atoms with Gasteiger partial charge < -0.3 is 0 Å². The molecule has 178 valence electrons. The topological polar surface area (TPSA) is 74.8 Å². The number of imide groups is 1. The molecular formula is C27H30N2O4S. The molecule has 1 atom stereocenters. The first-order valence-electron chi connectivity index (χ1n) is 11.4. The van der Waals surface area contributed by atoms with E-state index in [2.05, 4.69) is 13.8 Å². The van der Waals surface area contributed by atoms with Crippen LogP contribution in [0.1, 0.15) is 52.5 Å². The molecule has 0 spiro atoms. The van der Waals surface area contributed by atoms with Gasteiger partial charge in [0.05, 0.1) is 17.0 Å². The molecule has 1 saturated heterocycles. The summed E-state index contributed by atoms with van der Waals surface area (Å²) in [6.07, 6.45) is -0.200. The molecule has 0 saturated carbocycles. The minimum absolute atomic E-state index is 0.0983. The van der Waals surface area contributed by atoms with Crippen molar-refractivity contribution < 1.29 is 18.0 Å². The number of rotatable bonds is 5. The number of anilines is 1. The molecule has 7 heteroatoms. The first kappa shape index (κ1) is 24.1. The molecule has 0 bridgehead atoms. The summed E-state index contributed by atoms with van der Waals surface area (Å²) in [6, 6.07) is 18.6. The smallest absolute Gasteiger partial charge is 0.252 e. The van der Waals surface area contributed by atoms with Crippen LogP contribution in [-0.2, 0) is 19.6 Å². The molecule has 6 nitrogen and oxygen atoms in total. The van der Waals surface area contributed by atoms with Crippen molar-refractivity contribution >= 4 is 38.3 Å². The molecular weight excluding hydrogens is 448 g/mol. The second kappa shape index (κ2) is 8.64. The number of amides is 2. The lowest BCUT2D eigenvalue weighted by atomic mass is 10.0. The Balaban J connectivity index is 1.74. The van der Waals surface area contributed by atoms with Crippen LogP contribution in [0.3, 0.4) is 0 Å². The summed E-state index contributed by atoms with van der Waals surface area (Å²) in [5.41, 5.74) is 0.622. The number of carbonyl (C=O) groups is 2. The minimum atomic E-state index is -4.08. The molecule has 3 aromatic carbocycles. The normalized spacial score (nSPS) is 17.4. The Labute approximate surface area is 201 Å². The van der Waals surface area contributed by atoms with Crippen LogP contribution in [0.5, 0.6) is 0 Å². The number of carbonyl (C=O) groups excluding carboxylic acids is 2. The summed E-state index contributed by atoms with van der Waals surface area (Å²) in [4.78, 5) is 27.7. The van der Waals surface area contributed by atoms with Crippen LogP contribution in [0, 0.1) is 0 Å². The summed E-state index contributed by atoms with van der Waals surface area (Å²) in [7, 11) is -4.08. The van der Waals surface area contributed by atoms with Gasteiger partial charge in [0.1, 0.15) is 6.04 Å². The zero-order valence-corrected chi connectivity index (χ0v) is 21.0. The zero-order valence-electron chi connectivity index (χ0n) is 20.1. The maximum absolute atomic E-state index is 13.9. The first-order chi connectivity index (χ1) is 15.9. The Morgan fingerprint density at radius 3 is 2.12 bits per heavy atom. The van der Waals surface area contributed by atoms with Crippen LogP contribution in [0.15, 0.2) is 71.6 Å². The lowest BCUT2D eigenvalue weighted by Gasteiger charge is -2.37. The predicted octanol–water partition coefficient (Wildman–Crippen LogP) is 5.08. The third kappa shape index (κ3) is 4.26. The van der Waals surface area contributed by atoms with E-state index in [1.165, 1.54) is 4.31 Å². The number of sulfonamides is 1. The van der Waals surface area contributed by atoms with Crippen molar-refractivity contribution in [1.82, 2.24) is 4.31 Å². The van der Waals surface area contributed by atoms with Gasteiger partial charge in [0.25, 0.3) is 5.91 Å². The molecule has 1 heterocycles. The Bertz CT molecular complexity index is 1360. The third-order valence-electron chi connectivity index (χ3n) is 6.16. The summed E-state index contributed by atoms with van der Waals surface area (Å²) in [5, 5.41) is 1.71. The summed E-state index contributed by atoms with van der Waals surface area (Å²) in [6.45, 7) is 9.35. The third-order valence-corrected chi connectivity index (χ3v) is 8.33. The van der Waals surface area contributed by atoms with Crippen molar-refractivity contribution in [2.45, 2.75) is 63.4 Å². The van der Waals surface area contributed by atoms with Gasteiger partial charge in [-0.3, -0.25) is 9.59 Å². The number of hydrogen-bond donors (Lipinski definition) is 0. The standard InChI is InChI=1S/C27H30N2O4S/c1-18(2)19-10-13-22(14-11-19)28-25(30)17-24(26(28)31)29(27(3,4)5)34(32,33)23-15-12-20-8-6-7-9-21(20)16-23/h6-16,18,24H,17H2,1-5H3. The highest BCUT2D eigenvalue weighted by atomic mass is 32.2. The van der Waals surface area contributed by atoms with E-state index in [-0.39, 0.29) is 11.3 Å². The molecule has 0 aliphatic carbocycles. The maximum Gasteiger partial charge on any atom is 0.252 e. The molecule has 34 heavy (non-hydrogen) atoms. The molecule has 0 N–H and O–H groups in total. The number of hydrogen-bond acceptors (Lipinski definition) is 4. The van der Waals surface area contributed by atoms with Gasteiger partial charge in [-0.15, -0.1) is 0 Å². The molecule has 1 fully saturated rings. The molecule has 2 amide bonds. The molecule has 0 radical (unpaired) electrons. The van der Waals surface area contributed by atoms with Gasteiger partial charge in [-0.1, -0.05) is 56.3 Å². The van der Waals surface area contributed by atoms with Crippen LogP contribution in [0.4, 0.5) is 5.69 Å². The van der Waals surface area contributed by atoms with E-state index in [0.717, 1.165) is 21.2 Å². The second-order valence-electron chi connectivity index (χ2n) is 10.0. The van der Waals surface area contributed by atoms with Crippen molar-refractivity contribution in [1.29, 1.82) is 0 Å². The van der Waals surface area contributed by atoms with E-state index >= 15 is 0 Å². The number of fused-ring (bicyclic) bond motifs is 1. The minimum Gasteiger partial charge on any atom is -0.274 e. The monoisotopic (exact) mass is 478 g/mol. The molecule has 4 rings (SSSR count). The average molecular weight is 479 g/mol. The fourth-order valence-electron chi connectivity index (χ4n) is 4.52. The molecule has 0 aromatic heterocycles. The average Bonchev–Trinajstić information content (AvgIpc) is 3.05. The predicted molar refractivity (Wildman–Crippen MR) is 134 cm³/mol. The van der Waals surface area contributed by atoms with E-state index in [0.29, 0.717) is 11.6 Å². The quantitative estimate of drug-likeness (QED) is 0.479. The lowest BCUT2D eigenvalue weighted by molar-refractivity contribution is -0.122.